The number of ether oxygens (including phenoxy) is 5. The number of fused-ring (bicyclic) bond motifs is 2. The van der Waals surface area contributed by atoms with Crippen LogP contribution in [0.15, 0.2) is 24.3 Å². The van der Waals surface area contributed by atoms with Crippen molar-refractivity contribution in [1.29, 1.82) is 0 Å². The topological polar surface area (TPSA) is 138 Å². The molecule has 2 heterocycles. The van der Waals surface area contributed by atoms with E-state index in [-0.39, 0.29) is 75.4 Å². The van der Waals surface area contributed by atoms with Crippen LogP contribution in [-0.2, 0) is 9.53 Å². The zero-order valence-electron chi connectivity index (χ0n) is 25.0. The van der Waals surface area contributed by atoms with Crippen molar-refractivity contribution in [3.05, 3.63) is 45.7 Å². The maximum Gasteiger partial charge on any atom is 0.311 e. The lowest BCUT2D eigenvalue weighted by atomic mass is 9.87. The van der Waals surface area contributed by atoms with Crippen LogP contribution in [0, 0.1) is 17.0 Å². The fourth-order valence-electron chi connectivity index (χ4n) is 4.50. The van der Waals surface area contributed by atoms with Gasteiger partial charge in [-0.2, -0.15) is 0 Å². The van der Waals surface area contributed by atoms with Crippen LogP contribution < -0.4 is 18.9 Å². The summed E-state index contributed by atoms with van der Waals surface area (Å²) in [6.45, 7) is 3.13. The van der Waals surface area contributed by atoms with E-state index in [9.17, 15) is 14.4 Å². The molecule has 0 atom stereocenters. The van der Waals surface area contributed by atoms with E-state index >= 15 is 8.78 Å². The van der Waals surface area contributed by atoms with Gasteiger partial charge in [-0.15, -0.1) is 22.7 Å². The minimum atomic E-state index is -2.42. The van der Waals surface area contributed by atoms with Crippen molar-refractivity contribution in [1.82, 2.24) is 0 Å². The van der Waals surface area contributed by atoms with Crippen LogP contribution in [0.4, 0.5) is 8.78 Å². The smallest absolute Gasteiger partial charge is 0.311 e. The van der Waals surface area contributed by atoms with Gasteiger partial charge in [0, 0.05) is 45.1 Å². The molecule has 0 bridgehead atoms. The SMILES string of the molecule is COC(=O)C(C)(C)CC(=O)c1cc2c(F)c(OCCCOc3c(OC)cc4sc(C(=O)CP(O)O)cc4c3F)c(OC)cc2s1. The van der Waals surface area contributed by atoms with Gasteiger partial charge in [0.2, 0.25) is 0 Å². The predicted octanol–water partition coefficient (Wildman–Crippen LogP) is 6.51. The lowest BCUT2D eigenvalue weighted by Crippen LogP contribution is -2.28. The molecular formula is C30H31F2O10PS2. The van der Waals surface area contributed by atoms with Gasteiger partial charge in [-0.1, -0.05) is 0 Å². The molecule has 15 heteroatoms. The van der Waals surface area contributed by atoms with E-state index in [0.29, 0.717) is 9.40 Å². The zero-order chi connectivity index (χ0) is 33.1. The molecule has 0 aliphatic heterocycles. The summed E-state index contributed by atoms with van der Waals surface area (Å²) < 4.78 is 58.6. The number of halogens is 2. The van der Waals surface area contributed by atoms with Crippen molar-refractivity contribution in [2.75, 3.05) is 40.7 Å². The number of hydrogen-bond acceptors (Lipinski definition) is 12. The monoisotopic (exact) mass is 684 g/mol. The van der Waals surface area contributed by atoms with Crippen LogP contribution in [0.1, 0.15) is 46.0 Å². The lowest BCUT2D eigenvalue weighted by Gasteiger charge is -2.19. The molecule has 4 aromatic rings. The van der Waals surface area contributed by atoms with Crippen molar-refractivity contribution in [3.8, 4) is 23.0 Å². The van der Waals surface area contributed by atoms with Crippen LogP contribution in [0.2, 0.25) is 0 Å². The van der Waals surface area contributed by atoms with Crippen LogP contribution >= 0.6 is 31.0 Å². The summed E-state index contributed by atoms with van der Waals surface area (Å²) >= 11 is 2.08. The highest BCUT2D eigenvalue weighted by Crippen LogP contribution is 2.42. The Morgan fingerprint density at radius 3 is 1.69 bits per heavy atom. The quantitative estimate of drug-likeness (QED) is 0.0617. The molecule has 2 aromatic carbocycles. The van der Waals surface area contributed by atoms with Gasteiger partial charge in [-0.05, 0) is 26.0 Å². The van der Waals surface area contributed by atoms with E-state index in [1.807, 2.05) is 0 Å². The number of thiophene rings is 2. The fraction of sp³-hybridized carbons (Fsp3) is 0.367. The number of Topliss-reactive ketones (excluding diaryl/α,β-unsaturated/α-hetero) is 2. The maximum atomic E-state index is 15.6. The minimum Gasteiger partial charge on any atom is -0.493 e. The van der Waals surface area contributed by atoms with Crippen molar-refractivity contribution < 1.29 is 56.6 Å². The molecule has 0 spiro atoms. The van der Waals surface area contributed by atoms with Gasteiger partial charge in [0.05, 0.1) is 55.9 Å². The normalized spacial score (nSPS) is 11.7. The van der Waals surface area contributed by atoms with Crippen LogP contribution in [0.3, 0.4) is 0 Å². The number of ketones is 2. The van der Waals surface area contributed by atoms with Gasteiger partial charge < -0.3 is 33.5 Å². The summed E-state index contributed by atoms with van der Waals surface area (Å²) in [6.07, 6.45) is -0.363. The fourth-order valence-corrected chi connectivity index (χ4v) is 7.08. The van der Waals surface area contributed by atoms with E-state index in [4.69, 9.17) is 33.5 Å². The highest BCUT2D eigenvalue weighted by molar-refractivity contribution is 7.46. The van der Waals surface area contributed by atoms with E-state index in [1.165, 1.54) is 39.5 Å². The molecule has 2 aromatic heterocycles. The number of benzene rings is 2. The molecule has 0 fully saturated rings. The molecule has 10 nitrogen and oxygen atoms in total. The lowest BCUT2D eigenvalue weighted by molar-refractivity contribution is -0.150. The van der Waals surface area contributed by atoms with E-state index in [0.717, 1.165) is 22.7 Å². The third-order valence-corrected chi connectivity index (χ3v) is 9.58. The first-order valence-electron chi connectivity index (χ1n) is 13.5. The number of esters is 1. The van der Waals surface area contributed by atoms with E-state index in [1.54, 1.807) is 19.9 Å². The number of carbonyl (C=O) groups excluding carboxylic acids is 3. The molecule has 0 radical (unpaired) electrons. The number of carbonyl (C=O) groups is 3. The molecule has 2 N–H and O–H groups in total. The summed E-state index contributed by atoms with van der Waals surface area (Å²) in [5, 5.41) is 0.285. The summed E-state index contributed by atoms with van der Waals surface area (Å²) in [5.41, 5.74) is -1.05. The summed E-state index contributed by atoms with van der Waals surface area (Å²) in [7, 11) is 1.52. The largest absolute Gasteiger partial charge is 0.493 e. The average molecular weight is 685 g/mol. The standard InChI is InChI=1S/C30H31F2O10PS2/c1-30(2,29(35)40-5)13-17(33)23-9-15-21(44-23)11-19(38-3)27(25(15)31)41-7-6-8-42-28-20(39-4)12-22-16(26(28)32)10-24(45-22)18(34)14-43(36)37/h9-12,36-37H,6-8,13-14H2,1-5H3. The first-order chi connectivity index (χ1) is 21.3. The third kappa shape index (κ3) is 7.53. The van der Waals surface area contributed by atoms with Crippen molar-refractivity contribution in [2.24, 2.45) is 5.41 Å². The first kappa shape index (κ1) is 34.5. The van der Waals surface area contributed by atoms with Gasteiger partial charge in [0.15, 0.2) is 54.6 Å². The molecule has 0 aliphatic rings. The van der Waals surface area contributed by atoms with Gasteiger partial charge in [0.1, 0.15) is 0 Å². The summed E-state index contributed by atoms with van der Waals surface area (Å²) in [6, 6.07) is 5.84. The Balaban J connectivity index is 1.45. The Morgan fingerprint density at radius 1 is 0.800 bits per heavy atom. The molecule has 0 unspecified atom stereocenters. The molecule has 0 amide bonds. The Hall–Kier alpha value is -3.42. The van der Waals surface area contributed by atoms with E-state index < -0.39 is 43.3 Å². The molecule has 0 saturated heterocycles. The van der Waals surface area contributed by atoms with E-state index in [2.05, 4.69) is 0 Å². The second-order valence-electron chi connectivity index (χ2n) is 10.5. The Bertz CT molecular complexity index is 1750. The van der Waals surface area contributed by atoms with Crippen LogP contribution in [-0.4, -0.2) is 68.0 Å². The molecular weight excluding hydrogens is 653 g/mol. The molecule has 0 saturated carbocycles. The van der Waals surface area contributed by atoms with Crippen LogP contribution in [0.25, 0.3) is 20.2 Å². The second kappa shape index (κ2) is 14.3. The molecule has 45 heavy (non-hydrogen) atoms. The van der Waals surface area contributed by atoms with Crippen molar-refractivity contribution in [3.63, 3.8) is 0 Å². The summed E-state index contributed by atoms with van der Waals surface area (Å²) in [4.78, 5) is 55.9. The highest BCUT2D eigenvalue weighted by atomic mass is 32.1. The van der Waals surface area contributed by atoms with Crippen molar-refractivity contribution >= 4 is 68.8 Å². The Kier molecular flexibility index (Phi) is 11.0. The number of hydrogen-bond donors (Lipinski definition) is 2. The van der Waals surface area contributed by atoms with Crippen LogP contribution in [0.5, 0.6) is 23.0 Å². The Labute approximate surface area is 266 Å². The number of methoxy groups -OCH3 is 3. The number of rotatable bonds is 15. The predicted molar refractivity (Wildman–Crippen MR) is 168 cm³/mol. The third-order valence-electron chi connectivity index (χ3n) is 6.76. The first-order valence-corrected chi connectivity index (χ1v) is 16.5. The zero-order valence-corrected chi connectivity index (χ0v) is 27.6. The molecule has 0 aliphatic carbocycles. The molecule has 4 rings (SSSR count). The maximum absolute atomic E-state index is 15.6. The minimum absolute atomic E-state index is 0.0311. The van der Waals surface area contributed by atoms with Gasteiger partial charge >= 0.3 is 5.97 Å². The second-order valence-corrected chi connectivity index (χ2v) is 13.7. The molecule has 242 valence electrons. The summed E-state index contributed by atoms with van der Waals surface area (Å²) in [5.74, 6) is -2.96. The average Bonchev–Trinajstić information content (AvgIpc) is 3.63. The van der Waals surface area contributed by atoms with Gasteiger partial charge in [-0.25, -0.2) is 8.78 Å². The highest BCUT2D eigenvalue weighted by Gasteiger charge is 2.33. The Morgan fingerprint density at radius 2 is 1.27 bits per heavy atom. The van der Waals surface area contributed by atoms with Crippen molar-refractivity contribution in [2.45, 2.75) is 26.7 Å². The van der Waals surface area contributed by atoms with Gasteiger partial charge in [0.25, 0.3) is 0 Å². The van der Waals surface area contributed by atoms with Gasteiger partial charge in [-0.3, -0.25) is 14.4 Å².